The molecule has 0 saturated heterocycles. The number of nitrogens with zero attached hydrogens (tertiary/aromatic N) is 1. The van der Waals surface area contributed by atoms with Crippen LogP contribution in [0.5, 0.6) is 0 Å². The SMILES string of the molecule is CC.CC(=O)O.NC(=O)CNC(=O)CC(=O)NC(CCCN=C(N)N)C(=O)O. The summed E-state index contributed by atoms with van der Waals surface area (Å²) in [5, 5.41) is 20.7. The molecule has 0 aliphatic heterocycles. The zero-order chi connectivity index (χ0) is 22.7. The smallest absolute Gasteiger partial charge is 0.326 e. The first kappa shape index (κ1) is 29.4. The average Bonchev–Trinajstić information content (AvgIpc) is 2.56. The van der Waals surface area contributed by atoms with Crippen molar-refractivity contribution in [1.29, 1.82) is 0 Å². The van der Waals surface area contributed by atoms with Crippen molar-refractivity contribution in [1.82, 2.24) is 10.6 Å². The number of carboxylic acid groups (broad SMARTS) is 2. The molecule has 1 unspecified atom stereocenters. The molecule has 3 amide bonds. The first-order chi connectivity index (χ1) is 13.0. The fourth-order valence-corrected chi connectivity index (χ4v) is 1.40. The summed E-state index contributed by atoms with van der Waals surface area (Å²) >= 11 is 0. The van der Waals surface area contributed by atoms with Crippen LogP contribution in [0, 0.1) is 0 Å². The Labute approximate surface area is 162 Å². The van der Waals surface area contributed by atoms with Crippen molar-refractivity contribution in [2.45, 2.75) is 46.1 Å². The number of guanidine groups is 1. The summed E-state index contributed by atoms with van der Waals surface area (Å²) in [7, 11) is 0. The van der Waals surface area contributed by atoms with E-state index < -0.39 is 48.7 Å². The van der Waals surface area contributed by atoms with Gasteiger partial charge in [0, 0.05) is 13.5 Å². The second kappa shape index (κ2) is 18.4. The van der Waals surface area contributed by atoms with Crippen molar-refractivity contribution in [3.05, 3.63) is 0 Å². The molecule has 13 nitrogen and oxygen atoms in total. The molecule has 0 fully saturated rings. The van der Waals surface area contributed by atoms with Crippen molar-refractivity contribution in [3.63, 3.8) is 0 Å². The number of carbonyl (C=O) groups excluding carboxylic acids is 3. The number of primary amides is 1. The molecular weight excluding hydrogens is 376 g/mol. The number of rotatable bonds is 10. The fourth-order valence-electron chi connectivity index (χ4n) is 1.40. The molecule has 0 heterocycles. The Morgan fingerprint density at radius 1 is 1.00 bits per heavy atom. The van der Waals surface area contributed by atoms with Gasteiger partial charge in [0.05, 0.1) is 6.54 Å². The van der Waals surface area contributed by atoms with Gasteiger partial charge in [-0.25, -0.2) is 4.79 Å². The summed E-state index contributed by atoms with van der Waals surface area (Å²) in [5.41, 5.74) is 15.1. The van der Waals surface area contributed by atoms with E-state index in [-0.39, 0.29) is 18.9 Å². The van der Waals surface area contributed by atoms with Gasteiger partial charge in [-0.1, -0.05) is 13.8 Å². The molecule has 0 saturated carbocycles. The van der Waals surface area contributed by atoms with Crippen LogP contribution < -0.4 is 27.8 Å². The van der Waals surface area contributed by atoms with Gasteiger partial charge in [0.15, 0.2) is 5.96 Å². The van der Waals surface area contributed by atoms with Gasteiger partial charge in [-0.15, -0.1) is 0 Å². The van der Waals surface area contributed by atoms with Crippen LogP contribution in [0.1, 0.15) is 40.0 Å². The Morgan fingerprint density at radius 2 is 1.50 bits per heavy atom. The lowest BCUT2D eigenvalue weighted by Gasteiger charge is -2.13. The van der Waals surface area contributed by atoms with Crippen LogP contribution in [0.25, 0.3) is 0 Å². The minimum atomic E-state index is -1.24. The van der Waals surface area contributed by atoms with Crippen molar-refractivity contribution >= 4 is 35.6 Å². The molecule has 10 N–H and O–H groups in total. The number of hydrogen-bond donors (Lipinski definition) is 7. The van der Waals surface area contributed by atoms with Gasteiger partial charge in [0.1, 0.15) is 12.5 Å². The summed E-state index contributed by atoms with van der Waals surface area (Å²) in [6, 6.07) is -1.16. The first-order valence-corrected chi connectivity index (χ1v) is 8.27. The minimum Gasteiger partial charge on any atom is -0.481 e. The molecule has 28 heavy (non-hydrogen) atoms. The number of amides is 3. The molecule has 0 rings (SSSR count). The van der Waals surface area contributed by atoms with Crippen LogP contribution in [-0.4, -0.2) is 65.0 Å². The summed E-state index contributed by atoms with van der Waals surface area (Å²) in [6.07, 6.45) is -0.172. The zero-order valence-electron chi connectivity index (χ0n) is 16.2. The van der Waals surface area contributed by atoms with E-state index in [1.807, 2.05) is 13.8 Å². The second-order valence-electron chi connectivity index (χ2n) is 4.85. The topological polar surface area (TPSA) is 240 Å². The Kier molecular flexibility index (Phi) is 19.3. The highest BCUT2D eigenvalue weighted by Crippen LogP contribution is 1.99. The maximum atomic E-state index is 11.5. The molecule has 1 atom stereocenters. The van der Waals surface area contributed by atoms with E-state index in [0.29, 0.717) is 6.42 Å². The number of aliphatic carboxylic acids is 2. The van der Waals surface area contributed by atoms with E-state index >= 15 is 0 Å². The predicted octanol–water partition coefficient (Wildman–Crippen LogP) is -2.28. The van der Waals surface area contributed by atoms with E-state index in [4.69, 9.17) is 32.2 Å². The maximum Gasteiger partial charge on any atom is 0.326 e. The first-order valence-electron chi connectivity index (χ1n) is 8.27. The van der Waals surface area contributed by atoms with Gasteiger partial charge in [0.25, 0.3) is 5.97 Å². The van der Waals surface area contributed by atoms with E-state index in [2.05, 4.69) is 15.6 Å². The highest BCUT2D eigenvalue weighted by Gasteiger charge is 2.20. The zero-order valence-corrected chi connectivity index (χ0v) is 16.2. The molecule has 0 aromatic heterocycles. The van der Waals surface area contributed by atoms with Crippen LogP contribution >= 0.6 is 0 Å². The Bertz CT molecular complexity index is 543. The third-order valence-corrected chi connectivity index (χ3v) is 2.36. The van der Waals surface area contributed by atoms with Gasteiger partial charge in [-0.2, -0.15) is 0 Å². The summed E-state index contributed by atoms with van der Waals surface area (Å²) in [6.45, 7) is 4.91. The number of aliphatic imine (C=N–C) groups is 1. The second-order valence-corrected chi connectivity index (χ2v) is 4.85. The minimum absolute atomic E-state index is 0.0980. The molecule has 0 aliphatic carbocycles. The van der Waals surface area contributed by atoms with Gasteiger partial charge in [-0.05, 0) is 12.8 Å². The summed E-state index contributed by atoms with van der Waals surface area (Å²) in [4.78, 5) is 56.9. The molecule has 0 aromatic rings. The molecule has 0 aromatic carbocycles. The van der Waals surface area contributed by atoms with Crippen LogP contribution in [0.3, 0.4) is 0 Å². The van der Waals surface area contributed by atoms with Crippen LogP contribution in [-0.2, 0) is 24.0 Å². The molecule has 162 valence electrons. The van der Waals surface area contributed by atoms with Gasteiger partial charge >= 0.3 is 5.97 Å². The highest BCUT2D eigenvalue weighted by molar-refractivity contribution is 5.99. The van der Waals surface area contributed by atoms with Gasteiger partial charge in [-0.3, -0.25) is 24.2 Å². The normalized spacial score (nSPS) is 9.82. The lowest BCUT2D eigenvalue weighted by atomic mass is 10.1. The standard InChI is InChI=1S/C11H20N6O5.C2H4O2.C2H6/c12-7(18)5-16-8(19)4-9(20)17-6(10(21)22)2-1-3-15-11(13)14;1-2(3)4;1-2/h6H,1-5H2,(H2,12,18)(H,16,19)(H,17,20)(H,21,22)(H4,13,14,15);1H3,(H,3,4);1-2H3. The molecule has 0 bridgehead atoms. The number of hydrogen-bond acceptors (Lipinski definition) is 6. The molecule has 0 aliphatic rings. The molecule has 0 spiro atoms. The number of nitrogens with two attached hydrogens (primary N) is 3. The van der Waals surface area contributed by atoms with Crippen molar-refractivity contribution in [2.24, 2.45) is 22.2 Å². The Hall–Kier alpha value is -3.38. The van der Waals surface area contributed by atoms with E-state index in [1.54, 1.807) is 0 Å². The Morgan fingerprint density at radius 3 is 1.89 bits per heavy atom. The summed E-state index contributed by atoms with van der Waals surface area (Å²) in [5.74, 6) is -4.45. The van der Waals surface area contributed by atoms with E-state index in [9.17, 15) is 19.2 Å². The summed E-state index contributed by atoms with van der Waals surface area (Å²) < 4.78 is 0. The average molecular weight is 406 g/mol. The maximum absolute atomic E-state index is 11.5. The van der Waals surface area contributed by atoms with Crippen LogP contribution in [0.2, 0.25) is 0 Å². The monoisotopic (exact) mass is 406 g/mol. The number of nitrogens with one attached hydrogen (secondary N) is 2. The van der Waals surface area contributed by atoms with Crippen molar-refractivity contribution in [2.75, 3.05) is 13.1 Å². The quantitative estimate of drug-likeness (QED) is 0.0892. The molecule has 0 radical (unpaired) electrons. The van der Waals surface area contributed by atoms with Crippen LogP contribution in [0.15, 0.2) is 4.99 Å². The lowest BCUT2D eigenvalue weighted by molar-refractivity contribution is -0.142. The van der Waals surface area contributed by atoms with Gasteiger partial charge < -0.3 is 38.0 Å². The van der Waals surface area contributed by atoms with E-state index in [1.165, 1.54) is 0 Å². The van der Waals surface area contributed by atoms with Crippen molar-refractivity contribution in [3.8, 4) is 0 Å². The van der Waals surface area contributed by atoms with E-state index in [0.717, 1.165) is 6.92 Å². The van der Waals surface area contributed by atoms with Gasteiger partial charge in [0.2, 0.25) is 17.7 Å². The molecular formula is C15H30N6O7. The third kappa shape index (κ3) is 24.9. The number of carbonyl (C=O) groups is 5. The predicted molar refractivity (Wildman–Crippen MR) is 101 cm³/mol. The van der Waals surface area contributed by atoms with Crippen molar-refractivity contribution < 1.29 is 34.2 Å². The highest BCUT2D eigenvalue weighted by atomic mass is 16.4. The third-order valence-electron chi connectivity index (χ3n) is 2.36. The lowest BCUT2D eigenvalue weighted by Crippen LogP contribution is -2.43. The fraction of sp³-hybridized carbons (Fsp3) is 0.600. The number of carboxylic acids is 2. The largest absolute Gasteiger partial charge is 0.481 e. The Balaban J connectivity index is -0.000000916. The molecule has 13 heteroatoms. The van der Waals surface area contributed by atoms with Crippen LogP contribution in [0.4, 0.5) is 0 Å².